The van der Waals surface area contributed by atoms with E-state index in [1.165, 1.54) is 0 Å². The molecule has 0 amide bonds. The molecule has 0 saturated heterocycles. The van der Waals surface area contributed by atoms with Crippen molar-refractivity contribution < 1.29 is 9.90 Å². The number of carboxylic acids is 1. The van der Waals surface area contributed by atoms with E-state index in [2.05, 4.69) is 26.0 Å². The van der Waals surface area contributed by atoms with E-state index in [-0.39, 0.29) is 5.56 Å². The van der Waals surface area contributed by atoms with Gasteiger partial charge in [-0.2, -0.15) is 0 Å². The number of benzene rings is 1. The topological polar surface area (TPSA) is 100 Å². The minimum absolute atomic E-state index is 0.251. The lowest BCUT2D eigenvalue weighted by atomic mass is 9.97. The first-order valence-corrected chi connectivity index (χ1v) is 10.6. The number of nitrogens with one attached hydrogen (secondary N) is 4. The Labute approximate surface area is 188 Å². The van der Waals surface area contributed by atoms with Gasteiger partial charge in [0.1, 0.15) is 0 Å². The number of aromatic nitrogens is 4. The van der Waals surface area contributed by atoms with Crippen LogP contribution in [0.25, 0.3) is 23.8 Å². The summed E-state index contributed by atoms with van der Waals surface area (Å²) in [7, 11) is 0. The number of aromatic amines is 4. The van der Waals surface area contributed by atoms with Crippen molar-refractivity contribution in [2.24, 2.45) is 0 Å². The van der Waals surface area contributed by atoms with Crippen LogP contribution in [0.5, 0.6) is 0 Å². The number of aromatic carboxylic acids is 1. The Hall–Kier alpha value is -4.71. The third-order valence-electron chi connectivity index (χ3n) is 5.78. The molecule has 0 atom stereocenters. The molecule has 6 nitrogen and oxygen atoms in total. The first-order chi connectivity index (χ1) is 16.1. The van der Waals surface area contributed by atoms with Crippen molar-refractivity contribution in [3.05, 3.63) is 128 Å². The molecule has 33 heavy (non-hydrogen) atoms. The summed E-state index contributed by atoms with van der Waals surface area (Å²) >= 11 is 0. The highest BCUT2D eigenvalue weighted by Crippen LogP contribution is 2.24. The number of rotatable bonds is 2. The second kappa shape index (κ2) is 7.46. The van der Waals surface area contributed by atoms with Gasteiger partial charge >= 0.3 is 5.97 Å². The van der Waals surface area contributed by atoms with Gasteiger partial charge in [-0.1, -0.05) is 18.2 Å². The van der Waals surface area contributed by atoms with Gasteiger partial charge in [0.2, 0.25) is 0 Å². The first kappa shape index (κ1) is 19.0. The minimum atomic E-state index is -0.962. The smallest absolute Gasteiger partial charge is 0.336 e. The summed E-state index contributed by atoms with van der Waals surface area (Å²) in [6.07, 6.45) is 6.12. The lowest BCUT2D eigenvalue weighted by Gasteiger charge is -2.09. The molecule has 5 aromatic rings. The molecule has 160 valence electrons. The standard InChI is InChI=1S/C27H20N4O2/c32-27(33)23-4-2-1-3-22(23)26-24-11-9-20(30-24)14-18-7-5-16(28-18)13-17-6-8-19(29-17)15-21-10-12-25(26)31-21/h1-15,28-31H,(H,32,33). The Bertz CT molecular complexity index is 1760. The summed E-state index contributed by atoms with van der Waals surface area (Å²) in [5, 5.41) is 13.5. The van der Waals surface area contributed by atoms with Crippen molar-refractivity contribution in [2.75, 3.05) is 0 Å². The van der Waals surface area contributed by atoms with Crippen molar-refractivity contribution >= 4 is 29.8 Å². The van der Waals surface area contributed by atoms with Crippen molar-refractivity contribution in [1.82, 2.24) is 19.9 Å². The van der Waals surface area contributed by atoms with Crippen LogP contribution in [0.2, 0.25) is 0 Å². The number of hydrogen-bond donors (Lipinski definition) is 5. The SMILES string of the molecule is O=C(O)c1ccccc1C1=c2ccc([nH]2)=Cc2ccc([nH]2)C=c2ccc([nH]2)=Cc2ccc1[nH]2. The first-order valence-electron chi connectivity index (χ1n) is 10.6. The Morgan fingerprint density at radius 3 is 1.94 bits per heavy atom. The van der Waals surface area contributed by atoms with E-state index in [0.717, 1.165) is 49.7 Å². The summed E-state index contributed by atoms with van der Waals surface area (Å²) in [5.41, 5.74) is 5.40. The summed E-state index contributed by atoms with van der Waals surface area (Å²) in [4.78, 5) is 25.7. The van der Waals surface area contributed by atoms with E-state index in [0.29, 0.717) is 5.56 Å². The molecule has 5 N–H and O–H groups in total. The molecule has 6 heteroatoms. The predicted molar refractivity (Wildman–Crippen MR) is 127 cm³/mol. The Morgan fingerprint density at radius 1 is 0.606 bits per heavy atom. The summed E-state index contributed by atoms with van der Waals surface area (Å²) < 4.78 is 0. The monoisotopic (exact) mass is 432 g/mol. The Kier molecular flexibility index (Phi) is 4.30. The van der Waals surface area contributed by atoms with Crippen LogP contribution in [-0.4, -0.2) is 31.0 Å². The van der Waals surface area contributed by atoms with Crippen molar-refractivity contribution in [3.8, 4) is 0 Å². The zero-order valence-electron chi connectivity index (χ0n) is 17.5. The van der Waals surface area contributed by atoms with Crippen LogP contribution in [-0.2, 0) is 0 Å². The largest absolute Gasteiger partial charge is 0.478 e. The van der Waals surface area contributed by atoms with Crippen LogP contribution in [0.4, 0.5) is 0 Å². The highest BCUT2D eigenvalue weighted by Gasteiger charge is 2.17. The van der Waals surface area contributed by atoms with E-state index in [1.807, 2.05) is 72.8 Å². The molecule has 0 spiro atoms. The van der Waals surface area contributed by atoms with Crippen LogP contribution >= 0.6 is 0 Å². The second-order valence-electron chi connectivity index (χ2n) is 8.05. The van der Waals surface area contributed by atoms with E-state index in [4.69, 9.17) is 0 Å². The Balaban J connectivity index is 1.69. The van der Waals surface area contributed by atoms with Crippen LogP contribution in [0.1, 0.15) is 38.7 Å². The molecule has 8 bridgehead atoms. The molecular weight excluding hydrogens is 412 g/mol. The fourth-order valence-electron chi connectivity index (χ4n) is 4.31. The van der Waals surface area contributed by atoms with Gasteiger partial charge < -0.3 is 25.0 Å². The minimum Gasteiger partial charge on any atom is -0.478 e. The highest BCUT2D eigenvalue weighted by molar-refractivity contribution is 5.96. The molecule has 0 aliphatic carbocycles. The fourth-order valence-corrected chi connectivity index (χ4v) is 4.31. The lowest BCUT2D eigenvalue weighted by molar-refractivity contribution is 0.0696. The van der Waals surface area contributed by atoms with Gasteiger partial charge in [-0.25, -0.2) is 4.79 Å². The average Bonchev–Trinajstić information content (AvgIpc) is 3.60. The summed E-state index contributed by atoms with van der Waals surface area (Å²) in [6.45, 7) is 0. The second-order valence-corrected chi connectivity index (χ2v) is 8.05. The maximum absolute atomic E-state index is 12.0. The molecule has 0 unspecified atom stereocenters. The predicted octanol–water partition coefficient (Wildman–Crippen LogP) is 1.74. The quantitative estimate of drug-likeness (QED) is 0.288. The van der Waals surface area contributed by atoms with Crippen LogP contribution in [0, 0.1) is 0 Å². The molecule has 4 aromatic heterocycles. The van der Waals surface area contributed by atoms with E-state index in [1.54, 1.807) is 12.1 Å². The third-order valence-corrected chi connectivity index (χ3v) is 5.78. The van der Waals surface area contributed by atoms with Gasteiger partial charge in [0.05, 0.1) is 5.56 Å². The normalized spacial score (nSPS) is 12.5. The average molecular weight is 432 g/mol. The van der Waals surface area contributed by atoms with Crippen LogP contribution in [0.3, 0.4) is 0 Å². The number of carbonyl (C=O) groups is 1. The molecule has 6 rings (SSSR count). The zero-order valence-corrected chi connectivity index (χ0v) is 17.5. The number of hydrogen-bond acceptors (Lipinski definition) is 1. The van der Waals surface area contributed by atoms with E-state index < -0.39 is 5.97 Å². The highest BCUT2D eigenvalue weighted by atomic mass is 16.4. The fraction of sp³-hybridized carbons (Fsp3) is 0. The van der Waals surface area contributed by atoms with Crippen LogP contribution in [0.15, 0.2) is 72.8 Å². The number of carboxylic acid groups (broad SMARTS) is 1. The summed E-state index contributed by atoms with van der Waals surface area (Å²) in [5.74, 6) is -0.962. The van der Waals surface area contributed by atoms with Gasteiger partial charge in [-0.3, -0.25) is 0 Å². The maximum Gasteiger partial charge on any atom is 0.336 e. The summed E-state index contributed by atoms with van der Waals surface area (Å²) in [6, 6.07) is 23.2. The molecule has 1 aliphatic heterocycles. The third kappa shape index (κ3) is 3.53. The van der Waals surface area contributed by atoms with E-state index >= 15 is 0 Å². The molecule has 1 aromatic carbocycles. The molecule has 0 saturated carbocycles. The lowest BCUT2D eigenvalue weighted by Crippen LogP contribution is -2.16. The number of fused-ring (bicyclic) bond motifs is 8. The Morgan fingerprint density at radius 2 is 1.21 bits per heavy atom. The van der Waals surface area contributed by atoms with Crippen molar-refractivity contribution in [3.63, 3.8) is 0 Å². The van der Waals surface area contributed by atoms with Gasteiger partial charge in [-0.15, -0.1) is 0 Å². The van der Waals surface area contributed by atoms with Gasteiger partial charge in [0.25, 0.3) is 0 Å². The van der Waals surface area contributed by atoms with Crippen molar-refractivity contribution in [2.45, 2.75) is 0 Å². The van der Waals surface area contributed by atoms with Crippen molar-refractivity contribution in [1.29, 1.82) is 0 Å². The van der Waals surface area contributed by atoms with Gasteiger partial charge in [0, 0.05) is 55.3 Å². The van der Waals surface area contributed by atoms with E-state index in [9.17, 15) is 9.90 Å². The van der Waals surface area contributed by atoms with Gasteiger partial charge in [0.15, 0.2) is 0 Å². The number of H-pyrrole nitrogens is 4. The van der Waals surface area contributed by atoms with Gasteiger partial charge in [-0.05, 0) is 72.8 Å². The molecule has 0 radical (unpaired) electrons. The molecular formula is C27H20N4O2. The molecule has 1 aliphatic rings. The molecule has 0 fully saturated rings. The van der Waals surface area contributed by atoms with Crippen LogP contribution < -0.4 is 21.4 Å². The molecule has 5 heterocycles. The maximum atomic E-state index is 12.0. The zero-order chi connectivity index (χ0) is 22.4.